The van der Waals surface area contributed by atoms with Crippen molar-refractivity contribution >= 4 is 11.7 Å². The number of amides is 2. The van der Waals surface area contributed by atoms with Crippen LogP contribution >= 0.6 is 0 Å². The summed E-state index contributed by atoms with van der Waals surface area (Å²) in [5, 5.41) is 3.13. The number of nitrogens with one attached hydrogen (secondary N) is 1. The standard InChI is InChI=1S/C21H24N2O3/c1-4-14-9-11-15(12-10-14)23-20(24)22-17-13-21(23,3)26-19-16(17)7-6-8-18(19)25-5-2/h6-12,17H,4-5,13H2,1-3H3,(H,22,24)/t17-,21-/m0/s1. The highest BCUT2D eigenvalue weighted by Crippen LogP contribution is 2.49. The van der Waals surface area contributed by atoms with E-state index < -0.39 is 5.72 Å². The first-order valence-corrected chi connectivity index (χ1v) is 9.20. The number of hydrogen-bond acceptors (Lipinski definition) is 3. The van der Waals surface area contributed by atoms with Gasteiger partial charge in [-0.25, -0.2) is 4.79 Å². The molecule has 136 valence electrons. The Morgan fingerprint density at radius 2 is 2.00 bits per heavy atom. The van der Waals surface area contributed by atoms with Crippen molar-refractivity contribution in [2.24, 2.45) is 0 Å². The summed E-state index contributed by atoms with van der Waals surface area (Å²) >= 11 is 0. The molecule has 0 aromatic heterocycles. The summed E-state index contributed by atoms with van der Waals surface area (Å²) in [6.07, 6.45) is 1.64. The molecule has 2 amide bonds. The van der Waals surface area contributed by atoms with Crippen LogP contribution in [0.3, 0.4) is 0 Å². The number of hydrogen-bond donors (Lipinski definition) is 1. The highest BCUT2D eigenvalue weighted by molar-refractivity contribution is 5.95. The number of carbonyl (C=O) groups is 1. The molecule has 2 atom stereocenters. The minimum absolute atomic E-state index is 0.0807. The second-order valence-electron chi connectivity index (χ2n) is 6.95. The monoisotopic (exact) mass is 352 g/mol. The van der Waals surface area contributed by atoms with Gasteiger partial charge in [-0.05, 0) is 44.0 Å². The Kier molecular flexibility index (Phi) is 4.02. The van der Waals surface area contributed by atoms with Crippen molar-refractivity contribution in [2.45, 2.75) is 45.4 Å². The van der Waals surface area contributed by atoms with Gasteiger partial charge in [-0.2, -0.15) is 0 Å². The molecule has 2 heterocycles. The van der Waals surface area contributed by atoms with Crippen molar-refractivity contribution in [2.75, 3.05) is 11.5 Å². The van der Waals surface area contributed by atoms with Gasteiger partial charge in [0.15, 0.2) is 17.2 Å². The van der Waals surface area contributed by atoms with E-state index in [0.717, 1.165) is 29.2 Å². The Hall–Kier alpha value is -2.69. The lowest BCUT2D eigenvalue weighted by molar-refractivity contribution is 0.0343. The SMILES string of the molecule is CCOc1cccc2c1O[C@@]1(C)C[C@@H]2NC(=O)N1c1ccc(CC)cc1. The van der Waals surface area contributed by atoms with Gasteiger partial charge in [-0.1, -0.05) is 31.2 Å². The molecule has 0 aliphatic carbocycles. The normalized spacial score (nSPS) is 23.7. The lowest BCUT2D eigenvalue weighted by atomic mass is 9.90. The second-order valence-corrected chi connectivity index (χ2v) is 6.95. The van der Waals surface area contributed by atoms with E-state index in [2.05, 4.69) is 24.4 Å². The maximum Gasteiger partial charge on any atom is 0.325 e. The number of rotatable bonds is 4. The highest BCUT2D eigenvalue weighted by Gasteiger charge is 2.50. The number of anilines is 1. The molecule has 1 fully saturated rings. The maximum atomic E-state index is 12.9. The molecular formula is C21H24N2O3. The van der Waals surface area contributed by atoms with Gasteiger partial charge in [0.2, 0.25) is 0 Å². The minimum Gasteiger partial charge on any atom is -0.490 e. The fourth-order valence-corrected chi connectivity index (χ4v) is 3.90. The van der Waals surface area contributed by atoms with Gasteiger partial charge in [-0.3, -0.25) is 4.90 Å². The minimum atomic E-state index is -0.763. The Balaban J connectivity index is 1.76. The third-order valence-corrected chi connectivity index (χ3v) is 5.17. The van der Waals surface area contributed by atoms with Gasteiger partial charge in [0.05, 0.1) is 12.6 Å². The number of aryl methyl sites for hydroxylation is 1. The molecule has 0 spiro atoms. The zero-order valence-corrected chi connectivity index (χ0v) is 15.4. The molecule has 26 heavy (non-hydrogen) atoms. The number of urea groups is 1. The summed E-state index contributed by atoms with van der Waals surface area (Å²) in [6, 6.07) is 13.7. The topological polar surface area (TPSA) is 50.8 Å². The van der Waals surface area contributed by atoms with Crippen molar-refractivity contribution in [3.05, 3.63) is 53.6 Å². The third-order valence-electron chi connectivity index (χ3n) is 5.17. The molecule has 1 N–H and O–H groups in total. The number of para-hydroxylation sites is 1. The lowest BCUT2D eigenvalue weighted by Gasteiger charge is -2.50. The Labute approximate surface area is 153 Å². The summed E-state index contributed by atoms with van der Waals surface area (Å²) < 4.78 is 12.2. The molecule has 2 aromatic carbocycles. The summed E-state index contributed by atoms with van der Waals surface area (Å²) in [6.45, 7) is 6.60. The van der Waals surface area contributed by atoms with Crippen LogP contribution in [-0.4, -0.2) is 18.4 Å². The predicted molar refractivity (Wildman–Crippen MR) is 101 cm³/mol. The van der Waals surface area contributed by atoms with Crippen LogP contribution in [0.2, 0.25) is 0 Å². The molecule has 5 heteroatoms. The quantitative estimate of drug-likeness (QED) is 0.886. The van der Waals surface area contributed by atoms with Crippen molar-refractivity contribution in [1.29, 1.82) is 0 Å². The molecular weight excluding hydrogens is 328 g/mol. The van der Waals surface area contributed by atoms with Crippen LogP contribution in [0.15, 0.2) is 42.5 Å². The molecule has 0 saturated carbocycles. The zero-order valence-electron chi connectivity index (χ0n) is 15.4. The average Bonchev–Trinajstić information content (AvgIpc) is 2.62. The molecule has 1 saturated heterocycles. The molecule has 2 aromatic rings. The fraction of sp³-hybridized carbons (Fsp3) is 0.381. The maximum absolute atomic E-state index is 12.9. The summed E-state index contributed by atoms with van der Waals surface area (Å²) in [5.41, 5.74) is 2.28. The van der Waals surface area contributed by atoms with Crippen LogP contribution in [0.25, 0.3) is 0 Å². The van der Waals surface area contributed by atoms with Crippen LogP contribution in [-0.2, 0) is 6.42 Å². The average molecular weight is 352 g/mol. The van der Waals surface area contributed by atoms with Crippen molar-refractivity contribution in [1.82, 2.24) is 5.32 Å². The van der Waals surface area contributed by atoms with Gasteiger partial charge in [-0.15, -0.1) is 0 Å². The van der Waals surface area contributed by atoms with E-state index >= 15 is 0 Å². The molecule has 2 aliphatic rings. The lowest BCUT2D eigenvalue weighted by Crippen LogP contribution is -2.65. The predicted octanol–water partition coefficient (Wildman–Crippen LogP) is 4.42. The molecule has 4 rings (SSSR count). The number of fused-ring (bicyclic) bond motifs is 4. The van der Waals surface area contributed by atoms with Crippen LogP contribution in [0.5, 0.6) is 11.5 Å². The number of benzene rings is 2. The van der Waals surface area contributed by atoms with Crippen molar-refractivity contribution in [3.63, 3.8) is 0 Å². The van der Waals surface area contributed by atoms with E-state index in [9.17, 15) is 4.79 Å². The van der Waals surface area contributed by atoms with Crippen LogP contribution < -0.4 is 19.7 Å². The first kappa shape index (κ1) is 16.8. The first-order chi connectivity index (χ1) is 12.6. The van der Waals surface area contributed by atoms with Crippen molar-refractivity contribution < 1.29 is 14.3 Å². The van der Waals surface area contributed by atoms with Gasteiger partial charge in [0.25, 0.3) is 0 Å². The summed E-state index contributed by atoms with van der Waals surface area (Å²) in [5.74, 6) is 1.45. The van der Waals surface area contributed by atoms with Gasteiger partial charge >= 0.3 is 6.03 Å². The van der Waals surface area contributed by atoms with Crippen LogP contribution in [0.4, 0.5) is 10.5 Å². The largest absolute Gasteiger partial charge is 0.490 e. The molecule has 0 radical (unpaired) electrons. The molecule has 5 nitrogen and oxygen atoms in total. The van der Waals surface area contributed by atoms with Crippen LogP contribution in [0, 0.1) is 0 Å². The molecule has 0 unspecified atom stereocenters. The first-order valence-electron chi connectivity index (χ1n) is 9.20. The fourth-order valence-electron chi connectivity index (χ4n) is 3.90. The summed E-state index contributed by atoms with van der Waals surface area (Å²) in [7, 11) is 0. The van der Waals surface area contributed by atoms with E-state index in [1.165, 1.54) is 5.56 Å². The zero-order chi connectivity index (χ0) is 18.3. The van der Waals surface area contributed by atoms with Gasteiger partial charge in [0, 0.05) is 17.7 Å². The number of nitrogens with zero attached hydrogens (tertiary/aromatic N) is 1. The Morgan fingerprint density at radius 1 is 1.23 bits per heavy atom. The Bertz CT molecular complexity index is 834. The van der Waals surface area contributed by atoms with E-state index in [-0.39, 0.29) is 12.1 Å². The number of carbonyl (C=O) groups excluding carboxylic acids is 1. The molecule has 2 bridgehead atoms. The van der Waals surface area contributed by atoms with Crippen LogP contribution in [0.1, 0.15) is 44.4 Å². The third kappa shape index (κ3) is 2.59. The highest BCUT2D eigenvalue weighted by atomic mass is 16.5. The second kappa shape index (κ2) is 6.24. The van der Waals surface area contributed by atoms with Gasteiger partial charge < -0.3 is 14.8 Å². The van der Waals surface area contributed by atoms with E-state index in [1.807, 2.05) is 44.2 Å². The van der Waals surface area contributed by atoms with E-state index in [1.54, 1.807) is 4.90 Å². The van der Waals surface area contributed by atoms with E-state index in [0.29, 0.717) is 13.0 Å². The van der Waals surface area contributed by atoms with E-state index in [4.69, 9.17) is 9.47 Å². The molecule has 2 aliphatic heterocycles. The van der Waals surface area contributed by atoms with Gasteiger partial charge in [0.1, 0.15) is 0 Å². The smallest absolute Gasteiger partial charge is 0.325 e. The Morgan fingerprint density at radius 3 is 2.69 bits per heavy atom. The van der Waals surface area contributed by atoms with Crippen molar-refractivity contribution in [3.8, 4) is 11.5 Å². The summed E-state index contributed by atoms with van der Waals surface area (Å²) in [4.78, 5) is 14.6. The number of ether oxygens (including phenoxy) is 2.